The molecular weight excluding hydrogens is 212 g/mol. The fraction of sp³-hybridized carbons (Fsp3) is 0.769. The second-order valence-corrected chi connectivity index (χ2v) is 5.40. The second kappa shape index (κ2) is 5.19. The molecule has 0 aliphatic carbocycles. The lowest BCUT2D eigenvalue weighted by molar-refractivity contribution is 0.199. The summed E-state index contributed by atoms with van der Waals surface area (Å²) in [6, 6.07) is 1.05. The van der Waals surface area contributed by atoms with Gasteiger partial charge in [0.2, 0.25) is 0 Å². The number of nitrogens with one attached hydrogen (secondary N) is 1. The number of hydrogen-bond acceptors (Lipinski definition) is 3. The van der Waals surface area contributed by atoms with Crippen molar-refractivity contribution in [2.24, 2.45) is 0 Å². The summed E-state index contributed by atoms with van der Waals surface area (Å²) in [5.41, 5.74) is 2.54. The Morgan fingerprint density at radius 1 is 1.53 bits per heavy atom. The number of nitrogens with zero attached hydrogens (tertiary/aromatic N) is 3. The zero-order chi connectivity index (χ0) is 12.4. The smallest absolute Gasteiger partial charge is 0.0638 e. The van der Waals surface area contributed by atoms with Gasteiger partial charge in [0, 0.05) is 50.0 Å². The standard InChI is InChI=1S/C13H24N4/c1-10(2)17-9-13(12(4)15-17)8-16-6-5-14-11(3)7-16/h9-11,14H,5-8H2,1-4H3/t11-/m1/s1. The van der Waals surface area contributed by atoms with Gasteiger partial charge in [0.25, 0.3) is 0 Å². The van der Waals surface area contributed by atoms with Gasteiger partial charge in [0.05, 0.1) is 5.69 Å². The Labute approximate surface area is 104 Å². The normalized spacial score (nSPS) is 22.3. The van der Waals surface area contributed by atoms with Crippen LogP contribution in [0.3, 0.4) is 0 Å². The highest BCUT2D eigenvalue weighted by atomic mass is 15.3. The molecule has 0 bridgehead atoms. The summed E-state index contributed by atoms with van der Waals surface area (Å²) in [5.74, 6) is 0. The molecule has 4 nitrogen and oxygen atoms in total. The van der Waals surface area contributed by atoms with E-state index in [2.05, 4.69) is 53.9 Å². The first kappa shape index (κ1) is 12.6. The van der Waals surface area contributed by atoms with Crippen molar-refractivity contribution >= 4 is 0 Å². The van der Waals surface area contributed by atoms with Gasteiger partial charge in [-0.15, -0.1) is 0 Å². The second-order valence-electron chi connectivity index (χ2n) is 5.40. The Hall–Kier alpha value is -0.870. The zero-order valence-electron chi connectivity index (χ0n) is 11.4. The van der Waals surface area contributed by atoms with Crippen LogP contribution in [0, 0.1) is 6.92 Å². The van der Waals surface area contributed by atoms with Gasteiger partial charge >= 0.3 is 0 Å². The van der Waals surface area contributed by atoms with Crippen LogP contribution in [0.4, 0.5) is 0 Å². The van der Waals surface area contributed by atoms with Gasteiger partial charge in [-0.1, -0.05) is 0 Å². The Balaban J connectivity index is 2.02. The molecule has 0 amide bonds. The van der Waals surface area contributed by atoms with Gasteiger partial charge in [0.1, 0.15) is 0 Å². The first-order chi connectivity index (χ1) is 8.06. The van der Waals surface area contributed by atoms with Crippen molar-refractivity contribution in [3.63, 3.8) is 0 Å². The van der Waals surface area contributed by atoms with Gasteiger partial charge in [0.15, 0.2) is 0 Å². The molecule has 0 aromatic carbocycles. The molecule has 17 heavy (non-hydrogen) atoms. The third-order valence-electron chi connectivity index (χ3n) is 3.39. The molecule has 1 atom stereocenters. The highest BCUT2D eigenvalue weighted by Gasteiger charge is 2.17. The maximum Gasteiger partial charge on any atom is 0.0638 e. The summed E-state index contributed by atoms with van der Waals surface area (Å²) >= 11 is 0. The Morgan fingerprint density at radius 3 is 2.88 bits per heavy atom. The summed E-state index contributed by atoms with van der Waals surface area (Å²) in [4.78, 5) is 2.51. The summed E-state index contributed by atoms with van der Waals surface area (Å²) in [5, 5.41) is 8.04. The fourth-order valence-electron chi connectivity index (χ4n) is 2.34. The molecule has 2 heterocycles. The molecule has 96 valence electrons. The average molecular weight is 236 g/mol. The van der Waals surface area contributed by atoms with Crippen molar-refractivity contribution in [2.75, 3.05) is 19.6 Å². The predicted molar refractivity (Wildman–Crippen MR) is 70.1 cm³/mol. The molecule has 1 aromatic heterocycles. The molecule has 4 heteroatoms. The van der Waals surface area contributed by atoms with Crippen LogP contribution in [-0.2, 0) is 6.54 Å². The highest BCUT2D eigenvalue weighted by Crippen LogP contribution is 2.14. The van der Waals surface area contributed by atoms with Crippen LogP contribution < -0.4 is 5.32 Å². The zero-order valence-corrected chi connectivity index (χ0v) is 11.4. The van der Waals surface area contributed by atoms with Crippen LogP contribution in [0.1, 0.15) is 38.1 Å². The molecule has 0 saturated carbocycles. The van der Waals surface area contributed by atoms with Crippen LogP contribution in [-0.4, -0.2) is 40.4 Å². The molecule has 1 fully saturated rings. The summed E-state index contributed by atoms with van der Waals surface area (Å²) in [6.45, 7) is 13.1. The van der Waals surface area contributed by atoms with E-state index in [-0.39, 0.29) is 0 Å². The van der Waals surface area contributed by atoms with Crippen LogP contribution in [0.25, 0.3) is 0 Å². The van der Waals surface area contributed by atoms with Gasteiger partial charge < -0.3 is 5.32 Å². The molecule has 1 aliphatic rings. The van der Waals surface area contributed by atoms with Gasteiger partial charge in [-0.25, -0.2) is 0 Å². The van der Waals surface area contributed by atoms with Crippen molar-refractivity contribution in [3.8, 4) is 0 Å². The first-order valence-corrected chi connectivity index (χ1v) is 6.56. The van der Waals surface area contributed by atoms with Crippen molar-refractivity contribution in [1.29, 1.82) is 0 Å². The summed E-state index contributed by atoms with van der Waals surface area (Å²) in [7, 11) is 0. The Kier molecular flexibility index (Phi) is 3.84. The number of rotatable bonds is 3. The topological polar surface area (TPSA) is 33.1 Å². The Bertz CT molecular complexity index is 369. The van der Waals surface area contributed by atoms with Crippen LogP contribution >= 0.6 is 0 Å². The lowest BCUT2D eigenvalue weighted by Gasteiger charge is -2.31. The minimum atomic E-state index is 0.449. The van der Waals surface area contributed by atoms with E-state index in [0.29, 0.717) is 12.1 Å². The minimum Gasteiger partial charge on any atom is -0.312 e. The lowest BCUT2D eigenvalue weighted by Crippen LogP contribution is -2.48. The molecule has 2 rings (SSSR count). The van der Waals surface area contributed by atoms with Gasteiger partial charge in [-0.05, 0) is 27.7 Å². The minimum absolute atomic E-state index is 0.449. The van der Waals surface area contributed by atoms with E-state index in [1.54, 1.807) is 0 Å². The van der Waals surface area contributed by atoms with Crippen molar-refractivity contribution in [3.05, 3.63) is 17.5 Å². The van der Waals surface area contributed by atoms with E-state index in [0.717, 1.165) is 26.2 Å². The lowest BCUT2D eigenvalue weighted by atomic mass is 10.2. The summed E-state index contributed by atoms with van der Waals surface area (Å²) < 4.78 is 2.07. The first-order valence-electron chi connectivity index (χ1n) is 6.56. The third-order valence-corrected chi connectivity index (χ3v) is 3.39. The molecule has 0 unspecified atom stereocenters. The predicted octanol–water partition coefficient (Wildman–Crippen LogP) is 1.57. The van der Waals surface area contributed by atoms with Crippen molar-refractivity contribution in [1.82, 2.24) is 20.0 Å². The largest absolute Gasteiger partial charge is 0.312 e. The van der Waals surface area contributed by atoms with E-state index in [4.69, 9.17) is 0 Å². The van der Waals surface area contributed by atoms with E-state index in [1.165, 1.54) is 11.3 Å². The van der Waals surface area contributed by atoms with Crippen molar-refractivity contribution in [2.45, 2.75) is 46.3 Å². The summed E-state index contributed by atoms with van der Waals surface area (Å²) in [6.07, 6.45) is 2.20. The third kappa shape index (κ3) is 3.07. The van der Waals surface area contributed by atoms with Crippen molar-refractivity contribution < 1.29 is 0 Å². The molecule has 1 aliphatic heterocycles. The maximum atomic E-state index is 4.57. The quantitative estimate of drug-likeness (QED) is 0.864. The van der Waals surface area contributed by atoms with E-state index in [1.807, 2.05) is 0 Å². The Morgan fingerprint density at radius 2 is 2.29 bits per heavy atom. The van der Waals surface area contributed by atoms with Crippen LogP contribution in [0.5, 0.6) is 0 Å². The molecular formula is C13H24N4. The molecule has 0 spiro atoms. The number of hydrogen-bond donors (Lipinski definition) is 1. The number of piperazine rings is 1. The average Bonchev–Trinajstić information content (AvgIpc) is 2.61. The highest BCUT2D eigenvalue weighted by molar-refractivity contribution is 5.15. The van der Waals surface area contributed by atoms with Gasteiger partial charge in [-0.3, -0.25) is 9.58 Å². The van der Waals surface area contributed by atoms with E-state index in [9.17, 15) is 0 Å². The number of aromatic nitrogens is 2. The van der Waals surface area contributed by atoms with Gasteiger partial charge in [-0.2, -0.15) is 5.10 Å². The molecule has 1 aromatic rings. The molecule has 0 radical (unpaired) electrons. The van der Waals surface area contributed by atoms with Crippen LogP contribution in [0.2, 0.25) is 0 Å². The molecule has 1 saturated heterocycles. The van der Waals surface area contributed by atoms with E-state index < -0.39 is 0 Å². The number of aryl methyl sites for hydroxylation is 1. The maximum absolute atomic E-state index is 4.57. The fourth-order valence-corrected chi connectivity index (χ4v) is 2.34. The SMILES string of the molecule is Cc1nn(C(C)C)cc1CN1CCN[C@H](C)C1. The molecule has 1 N–H and O–H groups in total. The van der Waals surface area contributed by atoms with E-state index >= 15 is 0 Å². The monoisotopic (exact) mass is 236 g/mol. The van der Waals surface area contributed by atoms with Crippen LogP contribution in [0.15, 0.2) is 6.20 Å².